The summed E-state index contributed by atoms with van der Waals surface area (Å²) in [5.41, 5.74) is 0. The van der Waals surface area contributed by atoms with Gasteiger partial charge in [0, 0.05) is 5.25 Å². The molecule has 0 aromatic carbocycles. The fourth-order valence-electron chi connectivity index (χ4n) is 3.64. The average Bonchev–Trinajstić information content (AvgIpc) is 2.61. The van der Waals surface area contributed by atoms with Crippen LogP contribution in [0.2, 0.25) is 0 Å². The van der Waals surface area contributed by atoms with Crippen molar-refractivity contribution in [3.63, 3.8) is 0 Å². The van der Waals surface area contributed by atoms with E-state index in [9.17, 15) is 18.1 Å². The van der Waals surface area contributed by atoms with Gasteiger partial charge in [0.15, 0.2) is 0 Å². The first-order valence-electron chi connectivity index (χ1n) is 11.5. The molecule has 28 heavy (non-hydrogen) atoms. The van der Waals surface area contributed by atoms with E-state index in [0.717, 1.165) is 44.9 Å². The molecule has 0 aromatic rings. The summed E-state index contributed by atoms with van der Waals surface area (Å²) in [6, 6.07) is 0. The fourth-order valence-corrected chi connectivity index (χ4v) is 4.55. The first kappa shape index (κ1) is 31.7. The van der Waals surface area contributed by atoms with Crippen LogP contribution in [0.25, 0.3) is 0 Å². The Kier molecular flexibility index (Phi) is 24.6. The number of hydrogen-bond donors (Lipinski definition) is 1. The third kappa shape index (κ3) is 20.8. The normalized spacial score (nSPS) is 13.9. The summed E-state index contributed by atoms with van der Waals surface area (Å²) in [5.74, 6) is 0. The molecule has 0 fully saturated rings. The Morgan fingerprint density at radius 1 is 0.643 bits per heavy atom. The van der Waals surface area contributed by atoms with Crippen LogP contribution in [0.15, 0.2) is 0 Å². The quantitative estimate of drug-likeness (QED) is 0.177. The standard InChI is InChI=1S/C22H46O4S.K/c1-3-5-7-8-9-10-11-12-14-17-21(23)18-15-16-20-22(27(24,25)26)19-13-6-4-2;/h21-23H,3-20H2,1-2H3,(H,24,25,26);/q;+1/p-1. The Morgan fingerprint density at radius 3 is 1.43 bits per heavy atom. The molecule has 1 N–H and O–H groups in total. The van der Waals surface area contributed by atoms with Crippen LogP contribution in [0.3, 0.4) is 0 Å². The second-order valence-electron chi connectivity index (χ2n) is 8.17. The minimum atomic E-state index is -4.19. The molecule has 0 aliphatic heterocycles. The van der Waals surface area contributed by atoms with E-state index in [2.05, 4.69) is 13.8 Å². The van der Waals surface area contributed by atoms with Crippen molar-refractivity contribution >= 4 is 10.1 Å². The van der Waals surface area contributed by atoms with Gasteiger partial charge in [-0.15, -0.1) is 0 Å². The molecule has 0 bridgehead atoms. The molecule has 0 radical (unpaired) electrons. The van der Waals surface area contributed by atoms with Crippen molar-refractivity contribution in [2.75, 3.05) is 0 Å². The van der Waals surface area contributed by atoms with Gasteiger partial charge in [0.1, 0.15) is 0 Å². The van der Waals surface area contributed by atoms with Crippen LogP contribution in [0, 0.1) is 0 Å². The molecular formula is C22H45KO4S. The van der Waals surface area contributed by atoms with Gasteiger partial charge in [-0.3, -0.25) is 0 Å². The van der Waals surface area contributed by atoms with Crippen molar-refractivity contribution in [3.05, 3.63) is 0 Å². The largest absolute Gasteiger partial charge is 1.00 e. The maximum Gasteiger partial charge on any atom is 1.00 e. The second kappa shape index (κ2) is 21.7. The average molecular weight is 445 g/mol. The number of aliphatic hydroxyl groups is 1. The van der Waals surface area contributed by atoms with Gasteiger partial charge in [-0.05, 0) is 25.7 Å². The topological polar surface area (TPSA) is 77.4 Å². The Balaban J connectivity index is 0. The monoisotopic (exact) mass is 444 g/mol. The first-order valence-corrected chi connectivity index (χ1v) is 13.0. The van der Waals surface area contributed by atoms with Gasteiger partial charge in [-0.25, -0.2) is 8.42 Å². The Bertz CT molecular complexity index is 415. The number of unbranched alkanes of at least 4 members (excludes halogenated alkanes) is 11. The predicted molar refractivity (Wildman–Crippen MR) is 114 cm³/mol. The van der Waals surface area contributed by atoms with Crippen molar-refractivity contribution in [1.29, 1.82) is 0 Å². The summed E-state index contributed by atoms with van der Waals surface area (Å²) < 4.78 is 34.0. The molecule has 164 valence electrons. The van der Waals surface area contributed by atoms with Crippen molar-refractivity contribution in [1.82, 2.24) is 0 Å². The smallest absolute Gasteiger partial charge is 0.748 e. The van der Waals surface area contributed by atoms with Crippen molar-refractivity contribution in [3.8, 4) is 0 Å². The SMILES string of the molecule is CCCCCCCCCCCC(O)CCCCC(CCCCC)S(=O)(=O)[O-].[K+]. The van der Waals surface area contributed by atoms with Crippen molar-refractivity contribution < 1.29 is 69.5 Å². The van der Waals surface area contributed by atoms with Gasteiger partial charge >= 0.3 is 51.4 Å². The van der Waals surface area contributed by atoms with Gasteiger partial charge in [0.05, 0.1) is 16.2 Å². The summed E-state index contributed by atoms with van der Waals surface area (Å²) >= 11 is 0. The number of aliphatic hydroxyl groups excluding tert-OH is 1. The predicted octanol–water partition coefficient (Wildman–Crippen LogP) is 3.33. The Morgan fingerprint density at radius 2 is 0.964 bits per heavy atom. The van der Waals surface area contributed by atoms with Crippen molar-refractivity contribution in [2.45, 2.75) is 141 Å². The van der Waals surface area contributed by atoms with E-state index < -0.39 is 15.4 Å². The first-order chi connectivity index (χ1) is 12.9. The molecule has 2 atom stereocenters. The summed E-state index contributed by atoms with van der Waals surface area (Å²) in [5, 5.41) is 9.33. The molecule has 0 saturated carbocycles. The summed E-state index contributed by atoms with van der Waals surface area (Å²) in [4.78, 5) is 0. The molecule has 0 aliphatic carbocycles. The Labute approximate surface area is 218 Å². The summed E-state index contributed by atoms with van der Waals surface area (Å²) in [6.07, 6.45) is 18.1. The molecule has 0 aliphatic rings. The van der Waals surface area contributed by atoms with E-state index in [1.54, 1.807) is 0 Å². The molecule has 0 spiro atoms. The van der Waals surface area contributed by atoms with Crippen LogP contribution < -0.4 is 51.4 Å². The van der Waals surface area contributed by atoms with E-state index in [4.69, 9.17) is 0 Å². The molecular weight excluding hydrogens is 399 g/mol. The summed E-state index contributed by atoms with van der Waals surface area (Å²) in [6.45, 7) is 4.30. The van der Waals surface area contributed by atoms with Crippen LogP contribution in [-0.2, 0) is 10.1 Å². The van der Waals surface area contributed by atoms with Gasteiger partial charge in [0.2, 0.25) is 0 Å². The summed E-state index contributed by atoms with van der Waals surface area (Å²) in [7, 11) is -4.19. The molecule has 4 nitrogen and oxygen atoms in total. The maximum absolute atomic E-state index is 11.3. The molecule has 0 amide bonds. The molecule has 6 heteroatoms. The van der Waals surface area contributed by atoms with Gasteiger partial charge < -0.3 is 9.66 Å². The number of rotatable bonds is 20. The van der Waals surface area contributed by atoms with Gasteiger partial charge in [-0.1, -0.05) is 104 Å². The van der Waals surface area contributed by atoms with Crippen LogP contribution in [0.5, 0.6) is 0 Å². The third-order valence-corrected chi connectivity index (χ3v) is 6.78. The van der Waals surface area contributed by atoms with Crippen LogP contribution in [0.1, 0.15) is 129 Å². The zero-order valence-corrected chi connectivity index (χ0v) is 22.9. The maximum atomic E-state index is 11.3. The van der Waals surface area contributed by atoms with E-state index in [1.807, 2.05) is 0 Å². The van der Waals surface area contributed by atoms with Crippen LogP contribution in [0.4, 0.5) is 0 Å². The minimum Gasteiger partial charge on any atom is -0.748 e. The van der Waals surface area contributed by atoms with Crippen LogP contribution in [-0.4, -0.2) is 29.4 Å². The Hall–Kier alpha value is 1.51. The zero-order valence-electron chi connectivity index (χ0n) is 19.0. The van der Waals surface area contributed by atoms with E-state index >= 15 is 0 Å². The minimum absolute atomic E-state index is 0. The molecule has 0 rings (SSSR count). The second-order valence-corrected chi connectivity index (χ2v) is 9.82. The van der Waals surface area contributed by atoms with E-state index in [-0.39, 0.29) is 57.5 Å². The molecule has 2 unspecified atom stereocenters. The third-order valence-electron chi connectivity index (χ3n) is 5.49. The molecule has 0 aromatic heterocycles. The van der Waals surface area contributed by atoms with Gasteiger partial charge in [-0.2, -0.15) is 0 Å². The molecule has 0 saturated heterocycles. The van der Waals surface area contributed by atoms with Crippen LogP contribution >= 0.6 is 0 Å². The van der Waals surface area contributed by atoms with E-state index in [1.165, 1.54) is 51.4 Å². The van der Waals surface area contributed by atoms with Gasteiger partial charge in [0.25, 0.3) is 0 Å². The molecule has 0 heterocycles. The number of hydrogen-bond acceptors (Lipinski definition) is 4. The fraction of sp³-hybridized carbons (Fsp3) is 1.00. The zero-order chi connectivity index (χ0) is 20.4. The van der Waals surface area contributed by atoms with Crippen molar-refractivity contribution in [2.24, 2.45) is 0 Å². The van der Waals surface area contributed by atoms with E-state index in [0.29, 0.717) is 19.3 Å².